The lowest BCUT2D eigenvalue weighted by Crippen LogP contribution is -2.29. The van der Waals surface area contributed by atoms with E-state index in [-0.39, 0.29) is 6.47 Å². The quantitative estimate of drug-likeness (QED) is 0.446. The summed E-state index contributed by atoms with van der Waals surface area (Å²) in [5.74, 6) is 2.64. The Morgan fingerprint density at radius 3 is 2.56 bits per heavy atom. The Balaban J connectivity index is 0.000000386. The molecule has 144 valence electrons. The number of hydrogen-bond acceptors (Lipinski definition) is 1. The highest BCUT2D eigenvalue weighted by atomic mass is 16.3. The molecule has 1 heterocycles. The summed E-state index contributed by atoms with van der Waals surface area (Å²) in [6.07, 6.45) is 6.91. The minimum absolute atomic E-state index is 0.250. The second-order valence-corrected chi connectivity index (χ2v) is 7.59. The molecule has 3 nitrogen and oxygen atoms in total. The van der Waals surface area contributed by atoms with Gasteiger partial charge in [0.05, 0.1) is 0 Å². The molecule has 1 fully saturated rings. The molecule has 3 atom stereocenters. The van der Waals surface area contributed by atoms with E-state index in [0.717, 1.165) is 17.8 Å². The maximum atomic E-state index is 8.36. The molecule has 27 heavy (non-hydrogen) atoms. The zero-order valence-corrected chi connectivity index (χ0v) is 16.7. The Hall–Kier alpha value is -2.29. The molecule has 3 heteroatoms. The lowest BCUT2D eigenvalue weighted by atomic mass is 9.64. The number of nitrogens with one attached hydrogen (secondary N) is 1. The normalized spacial score (nSPS) is 23.3. The molecule has 5 rings (SSSR count). The van der Waals surface area contributed by atoms with Crippen molar-refractivity contribution in [2.24, 2.45) is 11.8 Å². The maximum absolute atomic E-state index is 8.36. The molecule has 3 aromatic rings. The predicted molar refractivity (Wildman–Crippen MR) is 113 cm³/mol. The number of hydrogen-bond donors (Lipinski definition) is 2. The average molecular weight is 366 g/mol. The van der Waals surface area contributed by atoms with Crippen LogP contribution in [-0.2, 0) is 11.2 Å². The zero-order chi connectivity index (χ0) is 19.4. The molecule has 2 aromatic carbocycles. The Morgan fingerprint density at radius 2 is 1.78 bits per heavy atom. The topological polar surface area (TPSA) is 53.1 Å². The van der Waals surface area contributed by atoms with E-state index < -0.39 is 0 Å². The van der Waals surface area contributed by atoms with Gasteiger partial charge in [-0.2, -0.15) is 0 Å². The van der Waals surface area contributed by atoms with Gasteiger partial charge < -0.3 is 10.1 Å². The Morgan fingerprint density at radius 1 is 1.04 bits per heavy atom. The molecule has 1 unspecified atom stereocenters. The first-order chi connectivity index (χ1) is 13.2. The lowest BCUT2D eigenvalue weighted by Gasteiger charge is -2.41. The molecule has 1 saturated carbocycles. The fourth-order valence-corrected chi connectivity index (χ4v) is 5.20. The monoisotopic (exact) mass is 365 g/mol. The van der Waals surface area contributed by atoms with Crippen molar-refractivity contribution in [2.75, 3.05) is 0 Å². The third kappa shape index (κ3) is 3.60. The summed E-state index contributed by atoms with van der Waals surface area (Å²) in [6.45, 7) is 6.23. The van der Waals surface area contributed by atoms with Crippen molar-refractivity contribution in [2.45, 2.75) is 58.8 Å². The Bertz CT molecular complexity index is 911. The van der Waals surface area contributed by atoms with E-state index in [9.17, 15) is 0 Å². The van der Waals surface area contributed by atoms with Gasteiger partial charge in [0.1, 0.15) is 0 Å². The third-order valence-corrected chi connectivity index (χ3v) is 6.33. The van der Waals surface area contributed by atoms with Crippen LogP contribution in [0.3, 0.4) is 0 Å². The molecular formula is C24H31NO2. The first-order valence-electron chi connectivity index (χ1n) is 10.3. The number of H-pyrrole nitrogens is 1. The van der Waals surface area contributed by atoms with Crippen molar-refractivity contribution >= 4 is 28.3 Å². The largest absolute Gasteiger partial charge is 0.483 e. The minimum Gasteiger partial charge on any atom is -0.483 e. The van der Waals surface area contributed by atoms with E-state index in [1.807, 2.05) is 13.8 Å². The van der Waals surface area contributed by atoms with Crippen LogP contribution in [-0.4, -0.2) is 16.6 Å². The van der Waals surface area contributed by atoms with Gasteiger partial charge in [0.25, 0.3) is 6.47 Å². The first-order valence-corrected chi connectivity index (χ1v) is 10.3. The standard InChI is InChI=1S/C21H23N.C2H6.CH2O2/c1-13-5-4-7-16-15(13)10-9-14-11-21-19(12-18(14)16)17-6-2-3-8-20(17)22-21;1-2;2-1-3/h2-3,6,8,11-13,15-16,22H,4-5,7,9-10H2,1H3;1-2H3;1H,(H,2,3)/t13-,15-,16?;;/m0../s1. The second-order valence-electron chi connectivity index (χ2n) is 7.59. The molecule has 0 aliphatic heterocycles. The summed E-state index contributed by atoms with van der Waals surface area (Å²) in [6, 6.07) is 13.7. The molecule has 0 amide bonds. The molecule has 2 aliphatic rings. The van der Waals surface area contributed by atoms with Crippen LogP contribution in [0.5, 0.6) is 0 Å². The van der Waals surface area contributed by atoms with Crippen molar-refractivity contribution in [1.29, 1.82) is 0 Å². The minimum atomic E-state index is -0.250. The molecule has 0 spiro atoms. The van der Waals surface area contributed by atoms with Gasteiger partial charge in [-0.05, 0) is 66.3 Å². The van der Waals surface area contributed by atoms with Gasteiger partial charge in [-0.15, -0.1) is 0 Å². The summed E-state index contributed by atoms with van der Waals surface area (Å²) in [5.41, 5.74) is 5.87. The van der Waals surface area contributed by atoms with Gasteiger partial charge in [0.15, 0.2) is 0 Å². The van der Waals surface area contributed by atoms with Gasteiger partial charge >= 0.3 is 0 Å². The first kappa shape index (κ1) is 19.5. The summed E-state index contributed by atoms with van der Waals surface area (Å²) in [4.78, 5) is 12.0. The van der Waals surface area contributed by atoms with Crippen LogP contribution in [0.25, 0.3) is 21.8 Å². The summed E-state index contributed by atoms with van der Waals surface area (Å²) >= 11 is 0. The van der Waals surface area contributed by atoms with E-state index in [4.69, 9.17) is 9.90 Å². The maximum Gasteiger partial charge on any atom is 0.290 e. The van der Waals surface area contributed by atoms with Crippen molar-refractivity contribution in [3.63, 3.8) is 0 Å². The number of rotatable bonds is 0. The lowest BCUT2D eigenvalue weighted by molar-refractivity contribution is -0.122. The second kappa shape index (κ2) is 8.60. The van der Waals surface area contributed by atoms with E-state index in [1.165, 1.54) is 53.9 Å². The van der Waals surface area contributed by atoms with Crippen LogP contribution in [0.4, 0.5) is 0 Å². The van der Waals surface area contributed by atoms with E-state index >= 15 is 0 Å². The van der Waals surface area contributed by atoms with Gasteiger partial charge in [-0.1, -0.05) is 51.8 Å². The number of aryl methyl sites for hydroxylation is 1. The zero-order valence-electron chi connectivity index (χ0n) is 16.7. The Labute approximate surface area is 161 Å². The molecule has 2 N–H and O–H groups in total. The smallest absolute Gasteiger partial charge is 0.290 e. The van der Waals surface area contributed by atoms with Gasteiger partial charge in [0, 0.05) is 21.8 Å². The molecule has 2 aliphatic carbocycles. The summed E-state index contributed by atoms with van der Waals surface area (Å²) in [5, 5.41) is 9.69. The highest BCUT2D eigenvalue weighted by Crippen LogP contribution is 2.48. The fraction of sp³-hybridized carbons (Fsp3) is 0.458. The number of aromatic amines is 1. The van der Waals surface area contributed by atoms with Crippen LogP contribution in [0, 0.1) is 11.8 Å². The molecule has 0 radical (unpaired) electrons. The van der Waals surface area contributed by atoms with Gasteiger partial charge in [-0.25, -0.2) is 0 Å². The van der Waals surface area contributed by atoms with E-state index in [1.54, 1.807) is 11.1 Å². The Kier molecular flexibility index (Phi) is 6.20. The number of benzene rings is 2. The number of carbonyl (C=O) groups is 1. The van der Waals surface area contributed by atoms with E-state index in [2.05, 4.69) is 48.3 Å². The van der Waals surface area contributed by atoms with Crippen molar-refractivity contribution < 1.29 is 9.90 Å². The van der Waals surface area contributed by atoms with Crippen LogP contribution in [0.2, 0.25) is 0 Å². The van der Waals surface area contributed by atoms with Gasteiger partial charge in [0.2, 0.25) is 0 Å². The SMILES string of the molecule is CC.C[C@H]1CCCC2c3cc4c(cc3CC[C@H]21)[nH]c1ccccc14.O=CO. The molecule has 0 bridgehead atoms. The third-order valence-electron chi connectivity index (χ3n) is 6.33. The summed E-state index contributed by atoms with van der Waals surface area (Å²) in [7, 11) is 0. The number of carboxylic acid groups (broad SMARTS) is 1. The number of fused-ring (bicyclic) bond motifs is 6. The number of para-hydroxylation sites is 1. The van der Waals surface area contributed by atoms with E-state index in [0.29, 0.717) is 0 Å². The highest BCUT2D eigenvalue weighted by molar-refractivity contribution is 6.07. The van der Waals surface area contributed by atoms with Crippen molar-refractivity contribution in [3.8, 4) is 0 Å². The summed E-state index contributed by atoms with van der Waals surface area (Å²) < 4.78 is 0. The highest BCUT2D eigenvalue weighted by Gasteiger charge is 2.35. The van der Waals surface area contributed by atoms with Crippen LogP contribution >= 0.6 is 0 Å². The molecular weight excluding hydrogens is 334 g/mol. The predicted octanol–water partition coefficient (Wildman–Crippen LogP) is 6.51. The number of aromatic nitrogens is 1. The van der Waals surface area contributed by atoms with Crippen LogP contribution in [0.15, 0.2) is 36.4 Å². The van der Waals surface area contributed by atoms with Crippen LogP contribution < -0.4 is 0 Å². The average Bonchev–Trinajstić information content (AvgIpc) is 3.06. The molecule has 0 saturated heterocycles. The fourth-order valence-electron chi connectivity index (χ4n) is 5.20. The van der Waals surface area contributed by atoms with Crippen LogP contribution in [0.1, 0.15) is 63.5 Å². The molecule has 1 aromatic heterocycles. The van der Waals surface area contributed by atoms with Gasteiger partial charge in [-0.3, -0.25) is 4.79 Å². The van der Waals surface area contributed by atoms with Crippen molar-refractivity contribution in [1.82, 2.24) is 4.98 Å². The van der Waals surface area contributed by atoms with Crippen molar-refractivity contribution in [3.05, 3.63) is 47.5 Å².